The van der Waals surface area contributed by atoms with E-state index in [-0.39, 0.29) is 11.3 Å². The number of nitrogens with two attached hydrogens (primary N) is 1. The van der Waals surface area contributed by atoms with E-state index in [0.717, 1.165) is 4.90 Å². The van der Waals surface area contributed by atoms with Crippen LogP contribution in [0.4, 0.5) is 15.8 Å². The zero-order valence-electron chi connectivity index (χ0n) is 10.3. The topological polar surface area (TPSA) is 55.1 Å². The van der Waals surface area contributed by atoms with E-state index in [1.54, 1.807) is 6.07 Å². The SMILES string of the molecule is CSc1ccccc1NC(=O)c1cccc(F)c1N. The minimum atomic E-state index is -0.592. The number of anilines is 2. The third-order valence-electron chi connectivity index (χ3n) is 2.65. The molecule has 0 radical (unpaired) electrons. The molecular weight excluding hydrogens is 263 g/mol. The Balaban J connectivity index is 2.28. The Morgan fingerprint density at radius 1 is 1.21 bits per heavy atom. The van der Waals surface area contributed by atoms with Crippen LogP contribution in [0.3, 0.4) is 0 Å². The van der Waals surface area contributed by atoms with Crippen LogP contribution in [0.15, 0.2) is 47.4 Å². The molecule has 2 aromatic rings. The lowest BCUT2D eigenvalue weighted by Crippen LogP contribution is -2.15. The number of para-hydroxylation sites is 2. The van der Waals surface area contributed by atoms with Crippen molar-refractivity contribution in [3.05, 3.63) is 53.8 Å². The molecule has 0 bridgehead atoms. The van der Waals surface area contributed by atoms with E-state index in [4.69, 9.17) is 5.73 Å². The quantitative estimate of drug-likeness (QED) is 0.667. The minimum absolute atomic E-state index is 0.135. The molecule has 0 fully saturated rings. The maximum atomic E-state index is 13.3. The maximum absolute atomic E-state index is 13.3. The second-order valence-electron chi connectivity index (χ2n) is 3.86. The molecule has 19 heavy (non-hydrogen) atoms. The molecule has 0 atom stereocenters. The van der Waals surface area contributed by atoms with Crippen molar-refractivity contribution in [2.45, 2.75) is 4.90 Å². The molecule has 0 aliphatic rings. The van der Waals surface area contributed by atoms with Crippen LogP contribution in [0.25, 0.3) is 0 Å². The number of hydrogen-bond donors (Lipinski definition) is 2. The van der Waals surface area contributed by atoms with Crippen molar-refractivity contribution in [3.63, 3.8) is 0 Å². The first-order chi connectivity index (χ1) is 9.13. The predicted molar refractivity (Wildman–Crippen MR) is 77.0 cm³/mol. The van der Waals surface area contributed by atoms with E-state index in [0.29, 0.717) is 5.69 Å². The van der Waals surface area contributed by atoms with E-state index >= 15 is 0 Å². The standard InChI is InChI=1S/C14H13FN2OS/c1-19-12-8-3-2-7-11(12)17-14(18)9-5-4-6-10(15)13(9)16/h2-8H,16H2,1H3,(H,17,18). The molecule has 0 aromatic heterocycles. The van der Waals surface area contributed by atoms with Crippen LogP contribution in [0, 0.1) is 5.82 Å². The van der Waals surface area contributed by atoms with Crippen molar-refractivity contribution in [2.75, 3.05) is 17.3 Å². The third-order valence-corrected chi connectivity index (χ3v) is 3.45. The van der Waals surface area contributed by atoms with E-state index in [2.05, 4.69) is 5.32 Å². The van der Waals surface area contributed by atoms with Gasteiger partial charge in [-0.2, -0.15) is 0 Å². The van der Waals surface area contributed by atoms with Crippen LogP contribution in [0.2, 0.25) is 0 Å². The van der Waals surface area contributed by atoms with Gasteiger partial charge in [0.05, 0.1) is 16.9 Å². The van der Waals surface area contributed by atoms with E-state index in [1.807, 2.05) is 24.5 Å². The summed E-state index contributed by atoms with van der Waals surface area (Å²) in [5, 5.41) is 2.74. The number of carbonyl (C=O) groups is 1. The Morgan fingerprint density at radius 2 is 1.95 bits per heavy atom. The van der Waals surface area contributed by atoms with Crippen LogP contribution >= 0.6 is 11.8 Å². The third kappa shape index (κ3) is 2.88. The highest BCUT2D eigenvalue weighted by atomic mass is 32.2. The molecule has 0 heterocycles. The van der Waals surface area contributed by atoms with Gasteiger partial charge in [-0.25, -0.2) is 4.39 Å². The molecule has 5 heteroatoms. The first kappa shape index (κ1) is 13.4. The van der Waals surface area contributed by atoms with Crippen LogP contribution in [-0.2, 0) is 0 Å². The number of amides is 1. The smallest absolute Gasteiger partial charge is 0.257 e. The molecule has 0 spiro atoms. The molecule has 3 N–H and O–H groups in total. The highest BCUT2D eigenvalue weighted by Crippen LogP contribution is 2.26. The van der Waals surface area contributed by atoms with Crippen molar-refractivity contribution < 1.29 is 9.18 Å². The number of halogens is 1. The van der Waals surface area contributed by atoms with Gasteiger partial charge in [-0.3, -0.25) is 4.79 Å². The van der Waals surface area contributed by atoms with Gasteiger partial charge in [-0.15, -0.1) is 11.8 Å². The number of carbonyl (C=O) groups excluding carboxylic acids is 1. The van der Waals surface area contributed by atoms with Gasteiger partial charge in [0.15, 0.2) is 0 Å². The van der Waals surface area contributed by atoms with Gasteiger partial charge in [-0.1, -0.05) is 18.2 Å². The molecule has 0 unspecified atom stereocenters. The molecule has 3 nitrogen and oxygen atoms in total. The van der Waals surface area contributed by atoms with E-state index in [1.165, 1.54) is 30.0 Å². The number of nitrogen functional groups attached to an aromatic ring is 1. The molecule has 2 rings (SSSR count). The molecule has 1 amide bonds. The largest absolute Gasteiger partial charge is 0.396 e. The summed E-state index contributed by atoms with van der Waals surface area (Å²) in [4.78, 5) is 13.0. The van der Waals surface area contributed by atoms with Crippen molar-refractivity contribution in [1.29, 1.82) is 0 Å². The lowest BCUT2D eigenvalue weighted by atomic mass is 10.1. The zero-order valence-corrected chi connectivity index (χ0v) is 11.1. The van der Waals surface area contributed by atoms with Crippen molar-refractivity contribution in [3.8, 4) is 0 Å². The van der Waals surface area contributed by atoms with Gasteiger partial charge < -0.3 is 11.1 Å². The lowest BCUT2D eigenvalue weighted by molar-refractivity contribution is 0.102. The van der Waals surface area contributed by atoms with Gasteiger partial charge >= 0.3 is 0 Å². The molecular formula is C14H13FN2OS. The lowest BCUT2D eigenvalue weighted by Gasteiger charge is -2.10. The maximum Gasteiger partial charge on any atom is 0.257 e. The van der Waals surface area contributed by atoms with E-state index in [9.17, 15) is 9.18 Å². The molecule has 0 saturated heterocycles. The van der Waals surface area contributed by atoms with Crippen LogP contribution in [-0.4, -0.2) is 12.2 Å². The van der Waals surface area contributed by atoms with Gasteiger partial charge in [-0.05, 0) is 30.5 Å². The highest BCUT2D eigenvalue weighted by Gasteiger charge is 2.13. The summed E-state index contributed by atoms with van der Waals surface area (Å²) in [5.41, 5.74) is 6.25. The summed E-state index contributed by atoms with van der Waals surface area (Å²) < 4.78 is 13.3. The normalized spacial score (nSPS) is 10.2. The van der Waals surface area contributed by atoms with E-state index < -0.39 is 11.7 Å². The summed E-state index contributed by atoms with van der Waals surface area (Å²) in [6.07, 6.45) is 1.92. The van der Waals surface area contributed by atoms with Crippen molar-refractivity contribution >= 4 is 29.0 Å². The highest BCUT2D eigenvalue weighted by molar-refractivity contribution is 7.98. The Labute approximate surface area is 115 Å². The first-order valence-electron chi connectivity index (χ1n) is 5.62. The van der Waals surface area contributed by atoms with Crippen molar-refractivity contribution in [1.82, 2.24) is 0 Å². The first-order valence-corrected chi connectivity index (χ1v) is 6.84. The summed E-state index contributed by atoms with van der Waals surface area (Å²) in [5.74, 6) is -1.01. The average Bonchev–Trinajstić information content (AvgIpc) is 2.42. The molecule has 0 saturated carbocycles. The second-order valence-corrected chi connectivity index (χ2v) is 4.70. The molecule has 0 aliphatic heterocycles. The summed E-state index contributed by atoms with van der Waals surface area (Å²) in [6.45, 7) is 0. The fourth-order valence-corrected chi connectivity index (χ4v) is 2.23. The molecule has 0 aliphatic carbocycles. The number of thioether (sulfide) groups is 1. The minimum Gasteiger partial charge on any atom is -0.396 e. The van der Waals surface area contributed by atoms with Gasteiger partial charge in [0, 0.05) is 4.90 Å². The van der Waals surface area contributed by atoms with Crippen molar-refractivity contribution in [2.24, 2.45) is 0 Å². The summed E-state index contributed by atoms with van der Waals surface area (Å²) in [6, 6.07) is 11.6. The molecule has 98 valence electrons. The van der Waals surface area contributed by atoms with Gasteiger partial charge in [0.1, 0.15) is 5.82 Å². The zero-order chi connectivity index (χ0) is 13.8. The average molecular weight is 276 g/mol. The van der Waals surface area contributed by atoms with Crippen LogP contribution in [0.1, 0.15) is 10.4 Å². The number of benzene rings is 2. The molecule has 2 aromatic carbocycles. The predicted octanol–water partition coefficient (Wildman–Crippen LogP) is 3.38. The van der Waals surface area contributed by atoms with Crippen LogP contribution in [0.5, 0.6) is 0 Å². The Bertz CT molecular complexity index is 616. The fraction of sp³-hybridized carbons (Fsp3) is 0.0714. The Kier molecular flexibility index (Phi) is 4.06. The Morgan fingerprint density at radius 3 is 2.68 bits per heavy atom. The second kappa shape index (κ2) is 5.75. The van der Waals surface area contributed by atoms with Gasteiger partial charge in [0.25, 0.3) is 5.91 Å². The monoisotopic (exact) mass is 276 g/mol. The summed E-state index contributed by atoms with van der Waals surface area (Å²) in [7, 11) is 0. The fourth-order valence-electron chi connectivity index (χ4n) is 1.67. The van der Waals surface area contributed by atoms with Crippen LogP contribution < -0.4 is 11.1 Å². The van der Waals surface area contributed by atoms with Gasteiger partial charge in [0.2, 0.25) is 0 Å². The Hall–Kier alpha value is -2.01. The summed E-state index contributed by atoms with van der Waals surface area (Å²) >= 11 is 1.52. The number of hydrogen-bond acceptors (Lipinski definition) is 3. The number of nitrogens with one attached hydrogen (secondary N) is 1. The number of rotatable bonds is 3.